The number of amidine groups is 1. The Labute approximate surface area is 196 Å². The molecule has 0 aromatic heterocycles. The quantitative estimate of drug-likeness (QED) is 0.489. The van der Waals surface area contributed by atoms with E-state index in [2.05, 4.69) is 0 Å². The third-order valence-electron chi connectivity index (χ3n) is 4.87. The third-order valence-corrected chi connectivity index (χ3v) is 5.88. The molecule has 1 N–H and O–H groups in total. The zero-order chi connectivity index (χ0) is 23.2. The van der Waals surface area contributed by atoms with Gasteiger partial charge in [0.1, 0.15) is 5.75 Å². The molecular formula is C26H22N2O4S. The molecule has 1 heterocycles. The van der Waals surface area contributed by atoms with Crippen LogP contribution in [0.25, 0.3) is 6.08 Å². The van der Waals surface area contributed by atoms with Gasteiger partial charge in [0, 0.05) is 0 Å². The summed E-state index contributed by atoms with van der Waals surface area (Å²) in [5.41, 5.74) is 3.76. The molecule has 1 amide bonds. The minimum atomic E-state index is -1.03. The van der Waals surface area contributed by atoms with Crippen molar-refractivity contribution in [3.63, 3.8) is 0 Å². The van der Waals surface area contributed by atoms with E-state index in [4.69, 9.17) is 14.8 Å². The summed E-state index contributed by atoms with van der Waals surface area (Å²) in [5.74, 6) is -0.689. The van der Waals surface area contributed by atoms with Gasteiger partial charge in [-0.3, -0.25) is 9.69 Å². The first kappa shape index (κ1) is 22.4. The fourth-order valence-corrected chi connectivity index (χ4v) is 4.18. The number of thioether (sulfide) groups is 1. The summed E-state index contributed by atoms with van der Waals surface area (Å²) in [7, 11) is 0. The molecule has 0 unspecified atom stereocenters. The van der Waals surface area contributed by atoms with E-state index in [1.54, 1.807) is 29.2 Å². The Morgan fingerprint density at radius 3 is 2.39 bits per heavy atom. The molecule has 6 nitrogen and oxygen atoms in total. The monoisotopic (exact) mass is 458 g/mol. The van der Waals surface area contributed by atoms with Gasteiger partial charge in [0.05, 0.1) is 17.1 Å². The summed E-state index contributed by atoms with van der Waals surface area (Å²) in [6, 6.07) is 24.6. The van der Waals surface area contributed by atoms with Crippen molar-refractivity contribution in [2.24, 2.45) is 4.99 Å². The highest BCUT2D eigenvalue weighted by molar-refractivity contribution is 8.18. The maximum absolute atomic E-state index is 13.3. The van der Waals surface area contributed by atoms with Crippen LogP contribution < -0.4 is 4.74 Å². The number of aryl methyl sites for hydroxylation is 1. The molecule has 1 saturated heterocycles. The number of carboxylic acid groups (broad SMARTS) is 1. The minimum absolute atomic E-state index is 0.110. The van der Waals surface area contributed by atoms with E-state index in [1.165, 1.54) is 11.8 Å². The highest BCUT2D eigenvalue weighted by atomic mass is 32.2. The average molecular weight is 459 g/mol. The first-order valence-corrected chi connectivity index (χ1v) is 11.1. The van der Waals surface area contributed by atoms with Crippen LogP contribution in [0.1, 0.15) is 16.7 Å². The van der Waals surface area contributed by atoms with Crippen LogP contribution >= 0.6 is 11.8 Å². The van der Waals surface area contributed by atoms with Gasteiger partial charge in [0.25, 0.3) is 5.91 Å². The summed E-state index contributed by atoms with van der Waals surface area (Å²) in [6.45, 7) is 2.05. The van der Waals surface area contributed by atoms with Crippen molar-refractivity contribution < 1.29 is 19.4 Å². The maximum atomic E-state index is 13.3. The largest absolute Gasteiger partial charge is 0.482 e. The van der Waals surface area contributed by atoms with Gasteiger partial charge in [-0.1, -0.05) is 60.2 Å². The fraction of sp³-hybridized carbons (Fsp3) is 0.115. The lowest BCUT2D eigenvalue weighted by atomic mass is 10.2. The molecule has 1 aliphatic heterocycles. The van der Waals surface area contributed by atoms with Gasteiger partial charge in [0.15, 0.2) is 11.8 Å². The molecule has 0 aliphatic carbocycles. The van der Waals surface area contributed by atoms with Crippen LogP contribution in [-0.2, 0) is 16.1 Å². The highest BCUT2D eigenvalue weighted by Crippen LogP contribution is 2.35. The van der Waals surface area contributed by atoms with Crippen molar-refractivity contribution in [3.05, 3.63) is 100 Å². The number of hydrogen-bond acceptors (Lipinski definition) is 5. The number of ether oxygens (including phenoxy) is 1. The second-order valence-corrected chi connectivity index (χ2v) is 8.48. The number of aliphatic carboxylic acids is 1. The number of amides is 1. The number of nitrogens with zero attached hydrogens (tertiary/aromatic N) is 2. The highest BCUT2D eigenvalue weighted by Gasteiger charge is 2.33. The molecule has 3 aromatic rings. The summed E-state index contributed by atoms with van der Waals surface area (Å²) < 4.78 is 5.17. The van der Waals surface area contributed by atoms with Crippen LogP contribution in [0.3, 0.4) is 0 Å². The molecular weight excluding hydrogens is 436 g/mol. The average Bonchev–Trinajstić information content (AvgIpc) is 3.09. The Morgan fingerprint density at radius 1 is 1.03 bits per heavy atom. The molecule has 33 heavy (non-hydrogen) atoms. The van der Waals surface area contributed by atoms with E-state index in [-0.39, 0.29) is 5.91 Å². The van der Waals surface area contributed by atoms with E-state index in [0.717, 1.165) is 22.4 Å². The number of hydrogen-bond donors (Lipinski definition) is 1. The van der Waals surface area contributed by atoms with Crippen molar-refractivity contribution in [2.45, 2.75) is 13.5 Å². The third kappa shape index (κ3) is 5.90. The second kappa shape index (κ2) is 10.2. The number of carbonyl (C=O) groups is 2. The number of carboxylic acids is 1. The number of aliphatic imine (C=N–C) groups is 1. The summed E-state index contributed by atoms with van der Waals surface area (Å²) in [4.78, 5) is 30.9. The van der Waals surface area contributed by atoms with Crippen LogP contribution in [0.5, 0.6) is 5.75 Å². The lowest BCUT2D eigenvalue weighted by Gasteiger charge is -2.15. The van der Waals surface area contributed by atoms with Gasteiger partial charge in [-0.2, -0.15) is 0 Å². The molecule has 166 valence electrons. The van der Waals surface area contributed by atoms with Crippen LogP contribution in [0.2, 0.25) is 0 Å². The number of benzene rings is 3. The van der Waals surface area contributed by atoms with Gasteiger partial charge in [-0.25, -0.2) is 9.79 Å². The second-order valence-electron chi connectivity index (χ2n) is 7.47. The van der Waals surface area contributed by atoms with Crippen LogP contribution in [-0.4, -0.2) is 33.7 Å². The topological polar surface area (TPSA) is 79.2 Å². The molecule has 0 saturated carbocycles. The van der Waals surface area contributed by atoms with Crippen LogP contribution in [0.15, 0.2) is 88.8 Å². The Hall–Kier alpha value is -3.84. The van der Waals surface area contributed by atoms with E-state index >= 15 is 0 Å². The number of carbonyl (C=O) groups excluding carboxylic acids is 1. The summed E-state index contributed by atoms with van der Waals surface area (Å²) in [5, 5.41) is 9.36. The molecule has 7 heteroatoms. The van der Waals surface area contributed by atoms with Crippen molar-refractivity contribution >= 4 is 40.6 Å². The van der Waals surface area contributed by atoms with E-state index in [9.17, 15) is 9.59 Å². The van der Waals surface area contributed by atoms with Crippen molar-refractivity contribution in [1.29, 1.82) is 0 Å². The smallest absolute Gasteiger partial charge is 0.341 e. The van der Waals surface area contributed by atoms with Crippen LogP contribution in [0.4, 0.5) is 5.69 Å². The molecule has 1 fully saturated rings. The Bertz CT molecular complexity index is 1200. The zero-order valence-corrected chi connectivity index (χ0v) is 18.8. The lowest BCUT2D eigenvalue weighted by Crippen LogP contribution is -2.28. The van der Waals surface area contributed by atoms with E-state index in [1.807, 2.05) is 67.6 Å². The molecule has 0 atom stereocenters. The Balaban J connectivity index is 1.60. The van der Waals surface area contributed by atoms with Gasteiger partial charge in [-0.15, -0.1) is 0 Å². The molecule has 1 aliphatic rings. The Kier molecular flexibility index (Phi) is 6.90. The molecule has 0 bridgehead atoms. The van der Waals surface area contributed by atoms with Gasteiger partial charge >= 0.3 is 5.97 Å². The fourth-order valence-electron chi connectivity index (χ4n) is 3.18. The first-order valence-electron chi connectivity index (χ1n) is 10.3. The molecule has 0 radical (unpaired) electrons. The predicted molar refractivity (Wildman–Crippen MR) is 130 cm³/mol. The molecule has 3 aromatic carbocycles. The first-order chi connectivity index (χ1) is 16.0. The Morgan fingerprint density at radius 2 is 1.73 bits per heavy atom. The van der Waals surface area contributed by atoms with Gasteiger partial charge < -0.3 is 9.84 Å². The summed E-state index contributed by atoms with van der Waals surface area (Å²) >= 11 is 1.34. The molecule has 0 spiro atoms. The predicted octanol–water partition coefficient (Wildman–Crippen LogP) is 5.26. The van der Waals surface area contributed by atoms with Crippen molar-refractivity contribution in [2.75, 3.05) is 6.61 Å². The zero-order valence-electron chi connectivity index (χ0n) is 18.0. The van der Waals surface area contributed by atoms with E-state index in [0.29, 0.717) is 22.4 Å². The summed E-state index contributed by atoms with van der Waals surface area (Å²) in [6.07, 6.45) is 1.81. The molecule has 4 rings (SSSR count). The lowest BCUT2D eigenvalue weighted by molar-refractivity contribution is -0.139. The van der Waals surface area contributed by atoms with Crippen molar-refractivity contribution in [1.82, 2.24) is 4.90 Å². The minimum Gasteiger partial charge on any atom is -0.482 e. The van der Waals surface area contributed by atoms with Crippen molar-refractivity contribution in [3.8, 4) is 5.75 Å². The van der Waals surface area contributed by atoms with E-state index < -0.39 is 12.6 Å². The SMILES string of the molecule is Cc1ccc(N=C2S/C(=C/c3ccc(OCC(=O)O)cc3)C(=O)N2Cc2ccccc2)cc1. The van der Waals surface area contributed by atoms with Gasteiger partial charge in [-0.05, 0) is 60.2 Å². The van der Waals surface area contributed by atoms with Gasteiger partial charge in [0.2, 0.25) is 0 Å². The normalized spacial score (nSPS) is 15.9. The maximum Gasteiger partial charge on any atom is 0.341 e. The standard InChI is InChI=1S/C26H22N2O4S/c1-18-7-11-21(12-8-18)27-26-28(16-20-5-3-2-4-6-20)25(31)23(33-26)15-19-9-13-22(14-10-19)32-17-24(29)30/h2-15H,16-17H2,1H3,(H,29,30)/b23-15+,27-26?. The number of rotatable bonds is 7. The van der Waals surface area contributed by atoms with Crippen LogP contribution in [0, 0.1) is 6.92 Å².